The Labute approximate surface area is 121 Å². The van der Waals surface area contributed by atoms with Gasteiger partial charge in [0.2, 0.25) is 0 Å². The monoisotopic (exact) mass is 309 g/mol. The van der Waals surface area contributed by atoms with E-state index in [4.69, 9.17) is 0 Å². The van der Waals surface area contributed by atoms with Crippen molar-refractivity contribution >= 4 is 11.8 Å². The van der Waals surface area contributed by atoms with Gasteiger partial charge >= 0.3 is 6.18 Å². The molecule has 0 unspecified atom stereocenters. The lowest BCUT2D eigenvalue weighted by Crippen LogP contribution is -2.16. The summed E-state index contributed by atoms with van der Waals surface area (Å²) in [5.41, 5.74) is -0.750. The zero-order valence-electron chi connectivity index (χ0n) is 11.4. The minimum Gasteiger partial charge on any atom is -0.313 e. The molecule has 1 N–H and O–H groups in total. The zero-order chi connectivity index (χ0) is 15.0. The average molecular weight is 309 g/mol. The number of unbranched alkanes of at least 4 members (excludes halogenated alkanes) is 2. The van der Waals surface area contributed by atoms with Gasteiger partial charge in [0, 0.05) is 6.54 Å². The molecule has 0 heterocycles. The second-order valence-electron chi connectivity index (χ2n) is 4.54. The van der Waals surface area contributed by atoms with Crippen LogP contribution in [0.4, 0.5) is 17.6 Å². The topological polar surface area (TPSA) is 12.0 Å². The smallest absolute Gasteiger partial charge is 0.313 e. The third-order valence-corrected chi connectivity index (χ3v) is 3.56. The van der Waals surface area contributed by atoms with Crippen LogP contribution in [0.25, 0.3) is 0 Å². The zero-order valence-corrected chi connectivity index (χ0v) is 12.2. The van der Waals surface area contributed by atoms with Crippen LogP contribution in [0.2, 0.25) is 0 Å². The number of thioether (sulfide) groups is 1. The predicted molar refractivity (Wildman–Crippen MR) is 75.3 cm³/mol. The van der Waals surface area contributed by atoms with E-state index in [9.17, 15) is 17.6 Å². The molecule has 1 aromatic carbocycles. The van der Waals surface area contributed by atoms with Crippen molar-refractivity contribution in [3.63, 3.8) is 0 Å². The molecule has 1 rings (SSSR count). The van der Waals surface area contributed by atoms with Crippen LogP contribution in [0.3, 0.4) is 0 Å². The highest BCUT2D eigenvalue weighted by molar-refractivity contribution is 7.98. The van der Waals surface area contributed by atoms with Gasteiger partial charge in [-0.15, -0.1) is 0 Å². The van der Waals surface area contributed by atoms with E-state index in [1.165, 1.54) is 6.07 Å². The molecule has 20 heavy (non-hydrogen) atoms. The Kier molecular flexibility index (Phi) is 7.37. The Morgan fingerprint density at radius 2 is 1.90 bits per heavy atom. The molecule has 0 aliphatic carbocycles. The first-order chi connectivity index (χ1) is 9.45. The molecule has 6 heteroatoms. The second kappa shape index (κ2) is 8.52. The van der Waals surface area contributed by atoms with Crippen molar-refractivity contribution in [2.75, 3.05) is 18.6 Å². The molecule has 0 fully saturated rings. The van der Waals surface area contributed by atoms with Crippen LogP contribution in [0, 0.1) is 5.82 Å². The van der Waals surface area contributed by atoms with Gasteiger partial charge in [-0.05, 0) is 49.1 Å². The third-order valence-electron chi connectivity index (χ3n) is 2.87. The number of hydrogen-bond acceptors (Lipinski definition) is 2. The Bertz CT molecular complexity index is 407. The summed E-state index contributed by atoms with van der Waals surface area (Å²) >= 11 is 1.81. The molecular weight excluding hydrogens is 290 g/mol. The number of halogens is 4. The fourth-order valence-electron chi connectivity index (χ4n) is 1.81. The van der Waals surface area contributed by atoms with Crippen molar-refractivity contribution in [3.8, 4) is 0 Å². The summed E-state index contributed by atoms with van der Waals surface area (Å²) in [6.07, 6.45) is 0.666. The molecule has 0 bridgehead atoms. The van der Waals surface area contributed by atoms with Crippen molar-refractivity contribution in [2.45, 2.75) is 32.0 Å². The SMILES string of the molecule is CSCCCCCNCc1ccc(F)c(C(F)(F)F)c1. The maximum absolute atomic E-state index is 13.1. The number of hydrogen-bond donors (Lipinski definition) is 1. The summed E-state index contributed by atoms with van der Waals surface area (Å²) in [5, 5.41) is 3.08. The minimum absolute atomic E-state index is 0.325. The molecule has 0 aromatic heterocycles. The summed E-state index contributed by atoms with van der Waals surface area (Å²) < 4.78 is 50.7. The van der Waals surface area contributed by atoms with Gasteiger partial charge in [-0.3, -0.25) is 0 Å². The van der Waals surface area contributed by atoms with E-state index in [0.29, 0.717) is 12.1 Å². The van der Waals surface area contributed by atoms with Crippen molar-refractivity contribution in [1.82, 2.24) is 5.32 Å². The molecular formula is C14H19F4NS. The first-order valence-corrected chi connectivity index (χ1v) is 7.90. The minimum atomic E-state index is -4.64. The van der Waals surface area contributed by atoms with Gasteiger partial charge in [0.15, 0.2) is 0 Å². The summed E-state index contributed by atoms with van der Waals surface area (Å²) in [7, 11) is 0. The standard InChI is InChI=1S/C14H19F4NS/c1-20-8-4-2-3-7-19-10-11-5-6-13(15)12(9-11)14(16,17)18/h5-6,9,19H,2-4,7-8,10H2,1H3. The van der Waals surface area contributed by atoms with Gasteiger partial charge in [0.25, 0.3) is 0 Å². The van der Waals surface area contributed by atoms with E-state index in [1.54, 1.807) is 11.8 Å². The first kappa shape index (κ1) is 17.3. The molecule has 1 aromatic rings. The second-order valence-corrected chi connectivity index (χ2v) is 5.53. The summed E-state index contributed by atoms with van der Waals surface area (Å²) in [6.45, 7) is 1.08. The van der Waals surface area contributed by atoms with Crippen molar-refractivity contribution in [1.29, 1.82) is 0 Å². The van der Waals surface area contributed by atoms with E-state index in [-0.39, 0.29) is 0 Å². The van der Waals surface area contributed by atoms with Gasteiger partial charge in [-0.25, -0.2) is 4.39 Å². The third kappa shape index (κ3) is 6.13. The molecule has 0 atom stereocenters. The van der Waals surface area contributed by atoms with E-state index in [1.807, 2.05) is 0 Å². The largest absolute Gasteiger partial charge is 0.419 e. The fraction of sp³-hybridized carbons (Fsp3) is 0.571. The van der Waals surface area contributed by atoms with Gasteiger partial charge in [-0.1, -0.05) is 12.5 Å². The van der Waals surface area contributed by atoms with E-state index >= 15 is 0 Å². The molecule has 0 saturated heterocycles. The van der Waals surface area contributed by atoms with Crippen molar-refractivity contribution in [2.24, 2.45) is 0 Å². The van der Waals surface area contributed by atoms with Crippen LogP contribution >= 0.6 is 11.8 Å². The quantitative estimate of drug-likeness (QED) is 0.562. The highest BCUT2D eigenvalue weighted by Gasteiger charge is 2.34. The molecule has 114 valence electrons. The highest BCUT2D eigenvalue weighted by atomic mass is 32.2. The van der Waals surface area contributed by atoms with Gasteiger partial charge in [0.05, 0.1) is 5.56 Å². The van der Waals surface area contributed by atoms with Crippen LogP contribution in [0.5, 0.6) is 0 Å². The molecule has 0 aliphatic heterocycles. The fourth-order valence-corrected chi connectivity index (χ4v) is 2.30. The van der Waals surface area contributed by atoms with Crippen LogP contribution in [-0.2, 0) is 12.7 Å². The molecule has 0 spiro atoms. The van der Waals surface area contributed by atoms with Gasteiger partial charge in [0.1, 0.15) is 5.82 Å². The van der Waals surface area contributed by atoms with Crippen LogP contribution in [-0.4, -0.2) is 18.6 Å². The maximum Gasteiger partial charge on any atom is 0.419 e. The number of nitrogens with one attached hydrogen (secondary N) is 1. The van der Waals surface area contributed by atoms with Crippen molar-refractivity contribution in [3.05, 3.63) is 35.1 Å². The van der Waals surface area contributed by atoms with Crippen LogP contribution < -0.4 is 5.32 Å². The summed E-state index contributed by atoms with van der Waals surface area (Å²) in [4.78, 5) is 0. The Morgan fingerprint density at radius 3 is 2.55 bits per heavy atom. The highest BCUT2D eigenvalue weighted by Crippen LogP contribution is 2.31. The predicted octanol–water partition coefficient (Wildman–Crippen LogP) is 4.47. The normalized spacial score (nSPS) is 11.8. The summed E-state index contributed by atoms with van der Waals surface area (Å²) in [6, 6.07) is 3.12. The maximum atomic E-state index is 13.1. The number of alkyl halides is 3. The van der Waals surface area contributed by atoms with E-state index in [0.717, 1.165) is 43.7 Å². The van der Waals surface area contributed by atoms with E-state index in [2.05, 4.69) is 11.6 Å². The van der Waals surface area contributed by atoms with E-state index < -0.39 is 17.6 Å². The molecule has 0 aliphatic rings. The van der Waals surface area contributed by atoms with Crippen LogP contribution in [0.15, 0.2) is 18.2 Å². The molecule has 0 saturated carbocycles. The van der Waals surface area contributed by atoms with Crippen molar-refractivity contribution < 1.29 is 17.6 Å². The van der Waals surface area contributed by atoms with Crippen LogP contribution in [0.1, 0.15) is 30.4 Å². The van der Waals surface area contributed by atoms with Gasteiger partial charge < -0.3 is 5.32 Å². The summed E-state index contributed by atoms with van der Waals surface area (Å²) in [5.74, 6) is -0.0919. The average Bonchev–Trinajstić information content (AvgIpc) is 2.38. The Balaban J connectivity index is 2.38. The Morgan fingerprint density at radius 1 is 1.15 bits per heavy atom. The lowest BCUT2D eigenvalue weighted by Gasteiger charge is -2.10. The molecule has 0 amide bonds. The lowest BCUT2D eigenvalue weighted by molar-refractivity contribution is -0.140. The molecule has 0 radical (unpaired) electrons. The lowest BCUT2D eigenvalue weighted by atomic mass is 10.1. The molecule has 1 nitrogen and oxygen atoms in total. The number of rotatable bonds is 8. The first-order valence-electron chi connectivity index (χ1n) is 6.50. The Hall–Kier alpha value is -0.750. The number of benzene rings is 1. The van der Waals surface area contributed by atoms with Gasteiger partial charge in [-0.2, -0.15) is 24.9 Å².